The largest absolute Gasteiger partial charge is 0.350 e. The molecule has 8 heteroatoms. The van der Waals surface area contributed by atoms with Gasteiger partial charge in [-0.3, -0.25) is 9.59 Å². The van der Waals surface area contributed by atoms with Crippen LogP contribution >= 0.6 is 11.3 Å². The van der Waals surface area contributed by atoms with E-state index in [1.807, 2.05) is 42.1 Å². The van der Waals surface area contributed by atoms with Crippen molar-refractivity contribution >= 4 is 29.2 Å². The van der Waals surface area contributed by atoms with Gasteiger partial charge in [0.2, 0.25) is 5.91 Å². The van der Waals surface area contributed by atoms with Crippen LogP contribution in [-0.4, -0.2) is 50.8 Å². The number of rotatable bonds is 7. The minimum Gasteiger partial charge on any atom is -0.350 e. The zero-order valence-electron chi connectivity index (χ0n) is 16.4. The Kier molecular flexibility index (Phi) is 6.97. The molecule has 0 spiro atoms. The fraction of sp³-hybridized carbons (Fsp3) is 0.500. The molecule has 2 amide bonds. The Morgan fingerprint density at radius 1 is 1.29 bits per heavy atom. The predicted octanol–water partition coefficient (Wildman–Crippen LogP) is 3.13. The summed E-state index contributed by atoms with van der Waals surface area (Å²) in [6.45, 7) is 5.23. The van der Waals surface area contributed by atoms with Crippen LogP contribution in [0.3, 0.4) is 0 Å². The van der Waals surface area contributed by atoms with Crippen LogP contribution in [0.25, 0.3) is 6.08 Å². The molecule has 0 unspecified atom stereocenters. The second kappa shape index (κ2) is 9.64. The van der Waals surface area contributed by atoms with Gasteiger partial charge in [0.25, 0.3) is 5.91 Å². The van der Waals surface area contributed by atoms with E-state index in [2.05, 4.69) is 15.6 Å². The van der Waals surface area contributed by atoms with Gasteiger partial charge in [0.1, 0.15) is 0 Å². The van der Waals surface area contributed by atoms with Crippen LogP contribution in [0.4, 0.5) is 0 Å². The number of hydrogen-bond acceptors (Lipinski definition) is 5. The second-order valence-corrected chi connectivity index (χ2v) is 7.90. The normalized spacial score (nSPS) is 19.6. The summed E-state index contributed by atoms with van der Waals surface area (Å²) in [6.07, 6.45) is 8.79. The highest BCUT2D eigenvalue weighted by molar-refractivity contribution is 7.10. The van der Waals surface area contributed by atoms with Gasteiger partial charge < -0.3 is 10.2 Å². The molecule has 7 nitrogen and oxygen atoms in total. The number of carbonyl (C=O) groups is 2. The lowest BCUT2D eigenvalue weighted by molar-refractivity contribution is -0.117. The number of nitrogens with zero attached hydrogens (tertiary/aromatic N) is 4. The van der Waals surface area contributed by atoms with Crippen LogP contribution in [0.2, 0.25) is 0 Å². The number of carbonyl (C=O) groups excluding carboxylic acids is 2. The van der Waals surface area contributed by atoms with Crippen molar-refractivity contribution in [2.75, 3.05) is 13.1 Å². The number of thiophene rings is 1. The van der Waals surface area contributed by atoms with Crippen LogP contribution in [-0.2, 0) is 4.79 Å². The summed E-state index contributed by atoms with van der Waals surface area (Å²) < 4.78 is 1.81. The zero-order chi connectivity index (χ0) is 19.9. The minimum atomic E-state index is -0.0743. The maximum absolute atomic E-state index is 12.4. The van der Waals surface area contributed by atoms with E-state index in [4.69, 9.17) is 0 Å². The quantitative estimate of drug-likeness (QED) is 0.723. The van der Waals surface area contributed by atoms with Gasteiger partial charge >= 0.3 is 0 Å². The fourth-order valence-electron chi connectivity index (χ4n) is 3.50. The third kappa shape index (κ3) is 5.07. The van der Waals surface area contributed by atoms with E-state index in [9.17, 15) is 9.59 Å². The van der Waals surface area contributed by atoms with Crippen molar-refractivity contribution in [2.24, 2.45) is 0 Å². The van der Waals surface area contributed by atoms with Gasteiger partial charge in [-0.25, -0.2) is 4.68 Å². The SMILES string of the molecule is CCN(CC)C(=O)c1cn(C2CCC(NC(=O)/C=C/c3cccs3)CC2)nn1. The van der Waals surface area contributed by atoms with Crippen molar-refractivity contribution in [2.45, 2.75) is 51.6 Å². The number of nitrogens with one attached hydrogen (secondary N) is 1. The molecule has 1 N–H and O–H groups in total. The molecule has 2 aromatic rings. The highest BCUT2D eigenvalue weighted by Gasteiger charge is 2.25. The van der Waals surface area contributed by atoms with Gasteiger partial charge in [0.15, 0.2) is 5.69 Å². The second-order valence-electron chi connectivity index (χ2n) is 6.92. The highest BCUT2D eigenvalue weighted by atomic mass is 32.1. The highest BCUT2D eigenvalue weighted by Crippen LogP contribution is 2.28. The third-order valence-corrected chi connectivity index (χ3v) is 5.98. The van der Waals surface area contributed by atoms with Crippen molar-refractivity contribution in [1.29, 1.82) is 0 Å². The van der Waals surface area contributed by atoms with E-state index in [-0.39, 0.29) is 23.9 Å². The molecular formula is C20H27N5O2S. The topological polar surface area (TPSA) is 80.1 Å². The fourth-order valence-corrected chi connectivity index (χ4v) is 4.12. The Balaban J connectivity index is 1.49. The molecule has 150 valence electrons. The number of hydrogen-bond donors (Lipinski definition) is 1. The molecule has 1 saturated carbocycles. The molecule has 1 aliphatic carbocycles. The van der Waals surface area contributed by atoms with E-state index in [0.29, 0.717) is 18.8 Å². The van der Waals surface area contributed by atoms with E-state index in [1.165, 1.54) is 0 Å². The van der Waals surface area contributed by atoms with Gasteiger partial charge in [-0.2, -0.15) is 0 Å². The summed E-state index contributed by atoms with van der Waals surface area (Å²) >= 11 is 1.61. The molecule has 1 aliphatic rings. The van der Waals surface area contributed by atoms with Crippen LogP contribution in [0, 0.1) is 0 Å². The Hall–Kier alpha value is -2.48. The lowest BCUT2D eigenvalue weighted by atomic mass is 9.91. The van der Waals surface area contributed by atoms with Gasteiger partial charge in [0.05, 0.1) is 12.2 Å². The average Bonchev–Trinajstić information content (AvgIpc) is 3.40. The molecule has 3 rings (SSSR count). The summed E-state index contributed by atoms with van der Waals surface area (Å²) in [5.41, 5.74) is 0.401. The summed E-state index contributed by atoms with van der Waals surface area (Å²) in [4.78, 5) is 27.3. The van der Waals surface area contributed by atoms with Crippen molar-refractivity contribution in [3.63, 3.8) is 0 Å². The third-order valence-electron chi connectivity index (χ3n) is 5.14. The molecular weight excluding hydrogens is 374 g/mol. The van der Waals surface area contributed by atoms with Gasteiger partial charge in [0, 0.05) is 30.1 Å². The average molecular weight is 402 g/mol. The lowest BCUT2D eigenvalue weighted by Crippen LogP contribution is -2.37. The van der Waals surface area contributed by atoms with E-state index in [0.717, 1.165) is 30.6 Å². The first-order chi connectivity index (χ1) is 13.6. The Morgan fingerprint density at radius 3 is 2.68 bits per heavy atom. The van der Waals surface area contributed by atoms with Crippen LogP contribution < -0.4 is 5.32 Å². The Bertz CT molecular complexity index is 802. The van der Waals surface area contributed by atoms with Crippen LogP contribution in [0.15, 0.2) is 29.8 Å². The van der Waals surface area contributed by atoms with Crippen molar-refractivity contribution in [3.8, 4) is 0 Å². The first kappa shape index (κ1) is 20.3. The van der Waals surface area contributed by atoms with Gasteiger partial charge in [-0.05, 0) is 57.1 Å². The smallest absolute Gasteiger partial charge is 0.276 e. The summed E-state index contributed by atoms with van der Waals surface area (Å²) in [7, 11) is 0. The molecule has 2 heterocycles. The predicted molar refractivity (Wildman–Crippen MR) is 110 cm³/mol. The summed E-state index contributed by atoms with van der Waals surface area (Å²) in [5.74, 6) is -0.126. The van der Waals surface area contributed by atoms with Crippen molar-refractivity contribution in [1.82, 2.24) is 25.2 Å². The molecule has 0 atom stereocenters. The monoisotopic (exact) mass is 401 g/mol. The minimum absolute atomic E-state index is 0.0512. The zero-order valence-corrected chi connectivity index (χ0v) is 17.2. The molecule has 0 saturated heterocycles. The summed E-state index contributed by atoms with van der Waals surface area (Å²) in [5, 5.41) is 13.3. The molecule has 28 heavy (non-hydrogen) atoms. The Labute approximate surface area is 169 Å². The van der Waals surface area contributed by atoms with Gasteiger partial charge in [-0.15, -0.1) is 16.4 Å². The standard InChI is InChI=1S/C20H27N5O2S/c1-3-24(4-2)20(27)18-14-25(23-22-18)16-9-7-15(8-10-16)21-19(26)12-11-17-6-5-13-28-17/h5-6,11-16H,3-4,7-10H2,1-2H3,(H,21,26)/b12-11+. The number of amides is 2. The molecule has 0 aliphatic heterocycles. The first-order valence-electron chi connectivity index (χ1n) is 9.83. The molecule has 0 aromatic carbocycles. The molecule has 1 fully saturated rings. The van der Waals surface area contributed by atoms with Crippen LogP contribution in [0.1, 0.15) is 60.9 Å². The number of aromatic nitrogens is 3. The van der Waals surface area contributed by atoms with Crippen molar-refractivity contribution < 1.29 is 9.59 Å². The van der Waals surface area contributed by atoms with Gasteiger partial charge in [-0.1, -0.05) is 11.3 Å². The van der Waals surface area contributed by atoms with Crippen LogP contribution in [0.5, 0.6) is 0 Å². The lowest BCUT2D eigenvalue weighted by Gasteiger charge is -2.28. The van der Waals surface area contributed by atoms with E-state index in [1.54, 1.807) is 28.5 Å². The molecule has 0 radical (unpaired) electrons. The molecule has 2 aromatic heterocycles. The maximum Gasteiger partial charge on any atom is 0.276 e. The summed E-state index contributed by atoms with van der Waals surface area (Å²) in [6, 6.07) is 4.35. The molecule has 0 bridgehead atoms. The first-order valence-corrected chi connectivity index (χ1v) is 10.7. The van der Waals surface area contributed by atoms with E-state index < -0.39 is 0 Å². The van der Waals surface area contributed by atoms with E-state index >= 15 is 0 Å². The Morgan fingerprint density at radius 2 is 2.04 bits per heavy atom. The maximum atomic E-state index is 12.4. The van der Waals surface area contributed by atoms with Crippen molar-refractivity contribution in [3.05, 3.63) is 40.4 Å².